The van der Waals surface area contributed by atoms with Gasteiger partial charge in [0.2, 0.25) is 0 Å². The second-order valence-electron chi connectivity index (χ2n) is 3.55. The summed E-state index contributed by atoms with van der Waals surface area (Å²) in [6, 6.07) is 2.30. The van der Waals surface area contributed by atoms with Gasteiger partial charge in [-0.1, -0.05) is 0 Å². The van der Waals surface area contributed by atoms with Crippen LogP contribution >= 0.6 is 15.9 Å². The first-order chi connectivity index (χ1) is 8.86. The van der Waals surface area contributed by atoms with Crippen molar-refractivity contribution in [3.63, 3.8) is 0 Å². The molecule has 0 aromatic carbocycles. The Hall–Kier alpha value is -1.83. The van der Waals surface area contributed by atoms with Crippen LogP contribution in [-0.4, -0.2) is 9.97 Å². The molecule has 0 aliphatic heterocycles. The summed E-state index contributed by atoms with van der Waals surface area (Å²) < 4.78 is 43.5. The van der Waals surface area contributed by atoms with E-state index in [9.17, 15) is 13.2 Å². The Morgan fingerprint density at radius 1 is 1.16 bits per heavy atom. The molecule has 4 nitrogen and oxygen atoms in total. The number of nitrogens with two attached hydrogens (primary N) is 1. The molecule has 19 heavy (non-hydrogen) atoms. The molecule has 2 heterocycles. The summed E-state index contributed by atoms with van der Waals surface area (Å²) in [5.41, 5.74) is 4.47. The van der Waals surface area contributed by atoms with Gasteiger partial charge in [0, 0.05) is 16.7 Å². The van der Waals surface area contributed by atoms with Gasteiger partial charge in [0.1, 0.15) is 11.4 Å². The molecule has 0 amide bonds. The molecular formula is C11H7BrF3N3O. The highest BCUT2D eigenvalue weighted by Crippen LogP contribution is 2.34. The van der Waals surface area contributed by atoms with Gasteiger partial charge in [-0.15, -0.1) is 0 Å². The molecule has 0 aliphatic rings. The van der Waals surface area contributed by atoms with Gasteiger partial charge >= 0.3 is 6.18 Å². The predicted molar refractivity (Wildman–Crippen MR) is 65.7 cm³/mol. The summed E-state index contributed by atoms with van der Waals surface area (Å²) in [5, 5.41) is 0. The van der Waals surface area contributed by atoms with Crippen molar-refractivity contribution >= 4 is 21.6 Å². The lowest BCUT2D eigenvalue weighted by atomic mass is 10.3. The average Bonchev–Trinajstić information content (AvgIpc) is 2.30. The monoisotopic (exact) mass is 333 g/mol. The lowest BCUT2D eigenvalue weighted by molar-refractivity contribution is -0.141. The third kappa shape index (κ3) is 3.34. The largest absolute Gasteiger partial charge is 0.453 e. The highest BCUT2D eigenvalue weighted by molar-refractivity contribution is 9.10. The number of ether oxygens (including phenoxy) is 1. The van der Waals surface area contributed by atoms with E-state index in [0.29, 0.717) is 4.47 Å². The molecule has 100 valence electrons. The minimum Gasteiger partial charge on any atom is -0.453 e. The number of rotatable bonds is 2. The van der Waals surface area contributed by atoms with Crippen LogP contribution in [0.15, 0.2) is 35.2 Å². The van der Waals surface area contributed by atoms with E-state index in [1.165, 1.54) is 12.4 Å². The second-order valence-corrected chi connectivity index (χ2v) is 4.46. The van der Waals surface area contributed by atoms with Crippen LogP contribution in [0.25, 0.3) is 0 Å². The Morgan fingerprint density at radius 3 is 2.53 bits per heavy atom. The lowest BCUT2D eigenvalue weighted by Crippen LogP contribution is -2.08. The number of hydrogen-bond donors (Lipinski definition) is 1. The Balaban J connectivity index is 2.34. The maximum Gasteiger partial charge on any atom is 0.433 e. The number of nitrogen functional groups attached to an aromatic ring is 1. The molecule has 8 heteroatoms. The molecule has 0 aliphatic carbocycles. The number of aromatic nitrogens is 2. The topological polar surface area (TPSA) is 61.0 Å². The smallest absolute Gasteiger partial charge is 0.433 e. The van der Waals surface area contributed by atoms with Crippen LogP contribution in [0.5, 0.6) is 11.5 Å². The molecule has 2 rings (SSSR count). The summed E-state index contributed by atoms with van der Waals surface area (Å²) >= 11 is 3.17. The van der Waals surface area contributed by atoms with E-state index < -0.39 is 11.9 Å². The molecule has 0 radical (unpaired) electrons. The molecule has 0 fully saturated rings. The van der Waals surface area contributed by atoms with Crippen LogP contribution in [-0.2, 0) is 6.18 Å². The second kappa shape index (κ2) is 5.04. The Kier molecular flexibility index (Phi) is 3.61. The summed E-state index contributed by atoms with van der Waals surface area (Å²) in [7, 11) is 0. The highest BCUT2D eigenvalue weighted by atomic mass is 79.9. The highest BCUT2D eigenvalue weighted by Gasteiger charge is 2.33. The van der Waals surface area contributed by atoms with E-state index in [1.54, 1.807) is 6.07 Å². The van der Waals surface area contributed by atoms with E-state index in [-0.39, 0.29) is 17.2 Å². The van der Waals surface area contributed by atoms with Gasteiger partial charge in [-0.2, -0.15) is 13.2 Å². The Labute approximate surface area is 114 Å². The van der Waals surface area contributed by atoms with Crippen molar-refractivity contribution in [2.75, 3.05) is 5.73 Å². The zero-order valence-electron chi connectivity index (χ0n) is 9.28. The molecule has 0 bridgehead atoms. The number of nitrogens with zero attached hydrogens (tertiary/aromatic N) is 2. The molecular weight excluding hydrogens is 327 g/mol. The van der Waals surface area contributed by atoms with Crippen molar-refractivity contribution in [1.82, 2.24) is 9.97 Å². The molecule has 0 saturated heterocycles. The first-order valence-corrected chi connectivity index (χ1v) is 5.76. The SMILES string of the molecule is Nc1cnc(C(F)(F)F)cc1Oc1cncc(Br)c1. The summed E-state index contributed by atoms with van der Waals surface area (Å²) in [4.78, 5) is 7.05. The standard InChI is InChI=1S/C11H7BrF3N3O/c12-6-1-7(4-17-3-6)19-9-2-10(11(13,14)15)18-5-8(9)16/h1-5H,16H2. The third-order valence-corrected chi connectivity index (χ3v) is 2.53. The molecule has 0 atom stereocenters. The van der Waals surface area contributed by atoms with Gasteiger partial charge in [0.25, 0.3) is 0 Å². The van der Waals surface area contributed by atoms with Crippen molar-refractivity contribution in [1.29, 1.82) is 0 Å². The fourth-order valence-electron chi connectivity index (χ4n) is 1.27. The van der Waals surface area contributed by atoms with E-state index in [0.717, 1.165) is 12.3 Å². The van der Waals surface area contributed by atoms with Gasteiger partial charge in [0.15, 0.2) is 5.75 Å². The number of halogens is 4. The summed E-state index contributed by atoms with van der Waals surface area (Å²) in [6.45, 7) is 0. The van der Waals surface area contributed by atoms with Gasteiger partial charge < -0.3 is 10.5 Å². The normalized spacial score (nSPS) is 11.4. The lowest BCUT2D eigenvalue weighted by Gasteiger charge is -2.11. The summed E-state index contributed by atoms with van der Waals surface area (Å²) in [6.07, 6.45) is -0.771. The minimum absolute atomic E-state index is 0.00738. The molecule has 0 unspecified atom stereocenters. The van der Waals surface area contributed by atoms with Crippen LogP contribution in [0, 0.1) is 0 Å². The molecule has 2 aromatic rings. The van der Waals surface area contributed by atoms with Crippen LogP contribution in [0.4, 0.5) is 18.9 Å². The minimum atomic E-state index is -4.55. The maximum absolute atomic E-state index is 12.5. The number of pyridine rings is 2. The van der Waals surface area contributed by atoms with Gasteiger partial charge in [-0.25, -0.2) is 4.98 Å². The Morgan fingerprint density at radius 2 is 1.89 bits per heavy atom. The van der Waals surface area contributed by atoms with E-state index >= 15 is 0 Å². The number of alkyl halides is 3. The zero-order valence-corrected chi connectivity index (χ0v) is 10.9. The number of anilines is 1. The third-order valence-electron chi connectivity index (χ3n) is 2.09. The maximum atomic E-state index is 12.5. The average molecular weight is 334 g/mol. The molecule has 0 spiro atoms. The molecule has 2 N–H and O–H groups in total. The first kappa shape index (κ1) is 13.6. The summed E-state index contributed by atoms with van der Waals surface area (Å²) in [5.74, 6) is 0.141. The fourth-order valence-corrected chi connectivity index (χ4v) is 1.61. The first-order valence-electron chi connectivity index (χ1n) is 4.97. The van der Waals surface area contributed by atoms with Crippen molar-refractivity contribution < 1.29 is 17.9 Å². The fraction of sp³-hybridized carbons (Fsp3) is 0.0909. The predicted octanol–water partition coefficient (Wildman–Crippen LogP) is 3.63. The van der Waals surface area contributed by atoms with Gasteiger partial charge in [-0.05, 0) is 22.0 Å². The van der Waals surface area contributed by atoms with Crippen LogP contribution in [0.3, 0.4) is 0 Å². The van der Waals surface area contributed by atoms with Gasteiger partial charge in [-0.3, -0.25) is 4.98 Å². The van der Waals surface area contributed by atoms with Crippen LogP contribution in [0.2, 0.25) is 0 Å². The van der Waals surface area contributed by atoms with Crippen molar-refractivity contribution in [3.05, 3.63) is 40.9 Å². The van der Waals surface area contributed by atoms with E-state index in [2.05, 4.69) is 25.9 Å². The van der Waals surface area contributed by atoms with Crippen LogP contribution < -0.4 is 10.5 Å². The van der Waals surface area contributed by atoms with Crippen molar-refractivity contribution in [2.24, 2.45) is 0 Å². The number of hydrogen-bond acceptors (Lipinski definition) is 4. The quantitative estimate of drug-likeness (QED) is 0.911. The molecule has 2 aromatic heterocycles. The molecule has 0 saturated carbocycles. The zero-order chi connectivity index (χ0) is 14.0. The van der Waals surface area contributed by atoms with Crippen molar-refractivity contribution in [2.45, 2.75) is 6.18 Å². The van der Waals surface area contributed by atoms with E-state index in [4.69, 9.17) is 10.5 Å². The van der Waals surface area contributed by atoms with Crippen molar-refractivity contribution in [3.8, 4) is 11.5 Å². The Bertz CT molecular complexity index is 604. The van der Waals surface area contributed by atoms with E-state index in [1.807, 2.05) is 0 Å². The van der Waals surface area contributed by atoms with Crippen LogP contribution in [0.1, 0.15) is 5.69 Å². The van der Waals surface area contributed by atoms with Gasteiger partial charge in [0.05, 0.1) is 18.1 Å².